The molecule has 1 amide bonds. The van der Waals surface area contributed by atoms with E-state index in [2.05, 4.69) is 17.3 Å². The number of carbonyl (C=O) groups excluding carboxylic acids is 1. The SMILES string of the molecule is CCc1nn(C)cc1CN1CCC(NC)C1=O. The molecule has 1 aromatic heterocycles. The molecule has 94 valence electrons. The van der Waals surface area contributed by atoms with E-state index < -0.39 is 0 Å². The fourth-order valence-corrected chi connectivity index (χ4v) is 2.38. The van der Waals surface area contributed by atoms with Gasteiger partial charge in [0.15, 0.2) is 0 Å². The van der Waals surface area contributed by atoms with Gasteiger partial charge in [0, 0.05) is 31.9 Å². The van der Waals surface area contributed by atoms with Gasteiger partial charge in [0.2, 0.25) is 5.91 Å². The van der Waals surface area contributed by atoms with Gasteiger partial charge in [-0.25, -0.2) is 0 Å². The number of aryl methyl sites for hydroxylation is 2. The number of hydrogen-bond acceptors (Lipinski definition) is 3. The van der Waals surface area contributed by atoms with E-state index in [0.717, 1.165) is 25.1 Å². The first kappa shape index (κ1) is 12.1. The molecule has 2 rings (SSSR count). The summed E-state index contributed by atoms with van der Waals surface area (Å²) in [7, 11) is 3.76. The average molecular weight is 236 g/mol. The largest absolute Gasteiger partial charge is 0.337 e. The fourth-order valence-electron chi connectivity index (χ4n) is 2.38. The van der Waals surface area contributed by atoms with Crippen molar-refractivity contribution in [3.8, 4) is 0 Å². The number of likely N-dealkylation sites (N-methyl/N-ethyl adjacent to an activating group) is 1. The highest BCUT2D eigenvalue weighted by molar-refractivity contribution is 5.83. The fraction of sp³-hybridized carbons (Fsp3) is 0.667. The van der Waals surface area contributed by atoms with Gasteiger partial charge in [-0.2, -0.15) is 5.10 Å². The van der Waals surface area contributed by atoms with Crippen LogP contribution in [0.25, 0.3) is 0 Å². The van der Waals surface area contributed by atoms with E-state index in [0.29, 0.717) is 6.54 Å². The Morgan fingerprint density at radius 2 is 2.35 bits per heavy atom. The summed E-state index contributed by atoms with van der Waals surface area (Å²) < 4.78 is 1.82. The number of hydrogen-bond donors (Lipinski definition) is 1. The molecule has 0 bridgehead atoms. The Bertz CT molecular complexity index is 413. The predicted octanol–water partition coefficient (Wildman–Crippen LogP) is 0.303. The van der Waals surface area contributed by atoms with Gasteiger partial charge >= 0.3 is 0 Å². The van der Waals surface area contributed by atoms with Crippen molar-refractivity contribution in [1.29, 1.82) is 0 Å². The van der Waals surface area contributed by atoms with E-state index in [1.165, 1.54) is 5.56 Å². The molecule has 0 aliphatic carbocycles. The first-order valence-corrected chi connectivity index (χ1v) is 6.13. The summed E-state index contributed by atoms with van der Waals surface area (Å²) in [5.74, 6) is 0.207. The van der Waals surface area contributed by atoms with Crippen molar-refractivity contribution < 1.29 is 4.79 Å². The second-order valence-corrected chi connectivity index (χ2v) is 4.52. The van der Waals surface area contributed by atoms with Crippen LogP contribution in [-0.4, -0.2) is 40.2 Å². The van der Waals surface area contributed by atoms with Gasteiger partial charge in [0.1, 0.15) is 0 Å². The van der Waals surface area contributed by atoms with Crippen LogP contribution in [0.4, 0.5) is 0 Å². The lowest BCUT2D eigenvalue weighted by molar-refractivity contribution is -0.129. The van der Waals surface area contributed by atoms with Gasteiger partial charge in [-0.1, -0.05) is 6.92 Å². The maximum absolute atomic E-state index is 12.0. The molecule has 1 fully saturated rings. The number of likely N-dealkylation sites (tertiary alicyclic amines) is 1. The van der Waals surface area contributed by atoms with E-state index >= 15 is 0 Å². The Balaban J connectivity index is 2.08. The van der Waals surface area contributed by atoms with Crippen molar-refractivity contribution in [1.82, 2.24) is 20.0 Å². The molecule has 1 N–H and O–H groups in total. The third-order valence-corrected chi connectivity index (χ3v) is 3.33. The molecule has 0 saturated carbocycles. The van der Waals surface area contributed by atoms with Crippen molar-refractivity contribution in [2.75, 3.05) is 13.6 Å². The Kier molecular flexibility index (Phi) is 3.47. The van der Waals surface area contributed by atoms with Crippen LogP contribution in [0.5, 0.6) is 0 Å². The molecule has 0 spiro atoms. The van der Waals surface area contributed by atoms with E-state index in [1.807, 2.05) is 29.9 Å². The van der Waals surface area contributed by atoms with Crippen molar-refractivity contribution in [2.45, 2.75) is 32.4 Å². The van der Waals surface area contributed by atoms with Gasteiger partial charge in [0.05, 0.1) is 11.7 Å². The summed E-state index contributed by atoms with van der Waals surface area (Å²) in [6.45, 7) is 3.62. The molecule has 1 aliphatic heterocycles. The smallest absolute Gasteiger partial charge is 0.240 e. The zero-order valence-corrected chi connectivity index (χ0v) is 10.7. The lowest BCUT2D eigenvalue weighted by Crippen LogP contribution is -2.36. The minimum absolute atomic E-state index is 0.00301. The van der Waals surface area contributed by atoms with Gasteiger partial charge in [-0.05, 0) is 19.9 Å². The maximum atomic E-state index is 12.0. The topological polar surface area (TPSA) is 50.2 Å². The molecule has 5 heteroatoms. The second kappa shape index (κ2) is 4.87. The predicted molar refractivity (Wildman–Crippen MR) is 65.5 cm³/mol. The number of rotatable bonds is 4. The van der Waals surface area contributed by atoms with Crippen LogP contribution in [-0.2, 0) is 24.8 Å². The first-order chi connectivity index (χ1) is 8.15. The Morgan fingerprint density at radius 1 is 1.59 bits per heavy atom. The molecular weight excluding hydrogens is 216 g/mol. The average Bonchev–Trinajstić information content (AvgIpc) is 2.84. The highest BCUT2D eigenvalue weighted by Gasteiger charge is 2.30. The molecule has 1 saturated heterocycles. The number of aromatic nitrogens is 2. The third kappa shape index (κ3) is 2.34. The lowest BCUT2D eigenvalue weighted by atomic mass is 10.2. The van der Waals surface area contributed by atoms with Crippen LogP contribution < -0.4 is 5.32 Å². The number of nitrogens with one attached hydrogen (secondary N) is 1. The Morgan fingerprint density at radius 3 is 2.94 bits per heavy atom. The highest BCUT2D eigenvalue weighted by atomic mass is 16.2. The number of nitrogens with zero attached hydrogens (tertiary/aromatic N) is 3. The van der Waals surface area contributed by atoms with Gasteiger partial charge in [-0.15, -0.1) is 0 Å². The zero-order chi connectivity index (χ0) is 12.4. The first-order valence-electron chi connectivity index (χ1n) is 6.13. The van der Waals surface area contributed by atoms with Crippen LogP contribution in [0.3, 0.4) is 0 Å². The Labute approximate surface area is 102 Å². The van der Waals surface area contributed by atoms with Crippen LogP contribution in [0, 0.1) is 0 Å². The zero-order valence-electron chi connectivity index (χ0n) is 10.7. The monoisotopic (exact) mass is 236 g/mol. The highest BCUT2D eigenvalue weighted by Crippen LogP contribution is 2.17. The van der Waals surface area contributed by atoms with Crippen molar-refractivity contribution in [3.63, 3.8) is 0 Å². The molecule has 1 aliphatic rings. The van der Waals surface area contributed by atoms with E-state index in [4.69, 9.17) is 0 Å². The van der Waals surface area contributed by atoms with E-state index in [-0.39, 0.29) is 11.9 Å². The Hall–Kier alpha value is -1.36. The van der Waals surface area contributed by atoms with Crippen LogP contribution in [0.15, 0.2) is 6.20 Å². The van der Waals surface area contributed by atoms with Gasteiger partial charge in [0.25, 0.3) is 0 Å². The van der Waals surface area contributed by atoms with Gasteiger partial charge < -0.3 is 10.2 Å². The van der Waals surface area contributed by atoms with Crippen LogP contribution in [0.2, 0.25) is 0 Å². The summed E-state index contributed by atoms with van der Waals surface area (Å²) in [5, 5.41) is 7.45. The van der Waals surface area contributed by atoms with E-state index in [1.54, 1.807) is 0 Å². The summed E-state index contributed by atoms with van der Waals surface area (Å²) in [4.78, 5) is 13.9. The molecule has 5 nitrogen and oxygen atoms in total. The van der Waals surface area contributed by atoms with Crippen molar-refractivity contribution in [3.05, 3.63) is 17.5 Å². The minimum atomic E-state index is -0.00301. The summed E-state index contributed by atoms with van der Waals surface area (Å²) in [6, 6.07) is -0.00301. The molecule has 0 aromatic carbocycles. The molecule has 1 aromatic rings. The molecule has 2 heterocycles. The summed E-state index contributed by atoms with van der Waals surface area (Å²) >= 11 is 0. The van der Waals surface area contributed by atoms with Crippen LogP contribution >= 0.6 is 0 Å². The van der Waals surface area contributed by atoms with Crippen LogP contribution in [0.1, 0.15) is 24.6 Å². The number of amides is 1. The second-order valence-electron chi connectivity index (χ2n) is 4.52. The number of carbonyl (C=O) groups is 1. The third-order valence-electron chi connectivity index (χ3n) is 3.33. The van der Waals surface area contributed by atoms with E-state index in [9.17, 15) is 4.79 Å². The molecular formula is C12H20N4O. The molecule has 1 atom stereocenters. The lowest BCUT2D eigenvalue weighted by Gasteiger charge is -2.16. The quantitative estimate of drug-likeness (QED) is 0.818. The molecule has 0 radical (unpaired) electrons. The maximum Gasteiger partial charge on any atom is 0.240 e. The minimum Gasteiger partial charge on any atom is -0.337 e. The van der Waals surface area contributed by atoms with Crippen molar-refractivity contribution >= 4 is 5.91 Å². The summed E-state index contributed by atoms with van der Waals surface area (Å²) in [6.07, 6.45) is 3.82. The molecule has 1 unspecified atom stereocenters. The van der Waals surface area contributed by atoms with Gasteiger partial charge in [-0.3, -0.25) is 9.48 Å². The van der Waals surface area contributed by atoms with Crippen molar-refractivity contribution in [2.24, 2.45) is 7.05 Å². The normalized spacial score (nSPS) is 20.3. The summed E-state index contributed by atoms with van der Waals surface area (Å²) in [5.41, 5.74) is 2.26. The standard InChI is InChI=1S/C12H20N4O/c1-4-10-9(7-15(3)14-10)8-16-6-5-11(13-2)12(16)17/h7,11,13H,4-6,8H2,1-3H3. The molecule has 17 heavy (non-hydrogen) atoms.